The lowest BCUT2D eigenvalue weighted by molar-refractivity contribution is 0.0963. The Bertz CT molecular complexity index is 631. The highest BCUT2D eigenvalue weighted by molar-refractivity contribution is 7.13. The third-order valence-corrected chi connectivity index (χ3v) is 3.10. The zero-order valence-electron chi connectivity index (χ0n) is 10.3. The molecule has 0 atom stereocenters. The van der Waals surface area contributed by atoms with Gasteiger partial charge in [-0.05, 0) is 12.1 Å². The molecule has 0 aliphatic heterocycles. The first kappa shape index (κ1) is 13.0. The summed E-state index contributed by atoms with van der Waals surface area (Å²) in [5.41, 5.74) is 12.7. The number of hydrogen-bond acceptors (Lipinski definition) is 4. The summed E-state index contributed by atoms with van der Waals surface area (Å²) < 4.78 is 0. The number of benzene rings is 1. The molecule has 98 valence electrons. The number of carbonyl (C=O) groups excluding carboxylic acids is 1. The fourth-order valence-corrected chi connectivity index (χ4v) is 2.24. The summed E-state index contributed by atoms with van der Waals surface area (Å²) in [6.07, 6.45) is 0. The van der Waals surface area contributed by atoms with Crippen molar-refractivity contribution in [2.75, 3.05) is 7.05 Å². The summed E-state index contributed by atoms with van der Waals surface area (Å²) >= 11 is 1.33. The largest absolute Gasteiger partial charge is 0.370 e. The van der Waals surface area contributed by atoms with Crippen LogP contribution < -0.4 is 16.8 Å². The van der Waals surface area contributed by atoms with E-state index in [0.29, 0.717) is 10.7 Å². The fraction of sp³-hybridized carbons (Fsp3) is 0.0833. The number of thiazole rings is 1. The summed E-state index contributed by atoms with van der Waals surface area (Å²) in [4.78, 5) is 19.7. The Kier molecular flexibility index (Phi) is 3.76. The molecule has 5 N–H and O–H groups in total. The average molecular weight is 275 g/mol. The van der Waals surface area contributed by atoms with Crippen molar-refractivity contribution in [1.82, 2.24) is 10.3 Å². The summed E-state index contributed by atoms with van der Waals surface area (Å²) in [6, 6.07) is 7.19. The Morgan fingerprint density at radius 3 is 2.89 bits per heavy atom. The van der Waals surface area contributed by atoms with Crippen LogP contribution in [0.1, 0.15) is 10.4 Å². The Labute approximate surface area is 114 Å². The third kappa shape index (κ3) is 3.08. The van der Waals surface area contributed by atoms with Gasteiger partial charge in [-0.3, -0.25) is 4.79 Å². The van der Waals surface area contributed by atoms with Gasteiger partial charge in [0.15, 0.2) is 5.96 Å². The second-order valence-electron chi connectivity index (χ2n) is 3.71. The highest BCUT2D eigenvalue weighted by Gasteiger charge is 2.08. The topological polar surface area (TPSA) is 106 Å². The Morgan fingerprint density at radius 1 is 1.42 bits per heavy atom. The maximum atomic E-state index is 11.6. The number of amides is 1. The van der Waals surface area contributed by atoms with Crippen molar-refractivity contribution >= 4 is 28.3 Å². The van der Waals surface area contributed by atoms with E-state index in [1.165, 1.54) is 11.3 Å². The fourth-order valence-electron chi connectivity index (χ4n) is 1.52. The molecule has 1 heterocycles. The summed E-state index contributed by atoms with van der Waals surface area (Å²) in [5, 5.41) is 4.90. The van der Waals surface area contributed by atoms with Gasteiger partial charge < -0.3 is 16.8 Å². The van der Waals surface area contributed by atoms with Crippen LogP contribution in [0.15, 0.2) is 34.6 Å². The van der Waals surface area contributed by atoms with Gasteiger partial charge in [0.25, 0.3) is 5.91 Å². The van der Waals surface area contributed by atoms with Gasteiger partial charge in [0.1, 0.15) is 0 Å². The van der Waals surface area contributed by atoms with Crippen molar-refractivity contribution < 1.29 is 4.79 Å². The molecule has 0 aliphatic carbocycles. The van der Waals surface area contributed by atoms with Crippen molar-refractivity contribution in [2.24, 2.45) is 16.5 Å². The van der Waals surface area contributed by atoms with Gasteiger partial charge in [-0.15, -0.1) is 11.3 Å². The van der Waals surface area contributed by atoms with E-state index in [0.717, 1.165) is 11.3 Å². The van der Waals surface area contributed by atoms with Crippen molar-refractivity contribution in [3.63, 3.8) is 0 Å². The Balaban J connectivity index is 2.34. The van der Waals surface area contributed by atoms with E-state index in [1.54, 1.807) is 25.2 Å². The summed E-state index contributed by atoms with van der Waals surface area (Å²) in [7, 11) is 1.59. The van der Waals surface area contributed by atoms with Crippen molar-refractivity contribution in [3.05, 3.63) is 35.2 Å². The lowest BCUT2D eigenvalue weighted by Gasteiger charge is -2.01. The molecule has 1 aromatic carbocycles. The highest BCUT2D eigenvalue weighted by Crippen LogP contribution is 2.27. The quantitative estimate of drug-likeness (QED) is 0.575. The number of nitrogens with one attached hydrogen (secondary N) is 1. The predicted octanol–water partition coefficient (Wildman–Crippen LogP) is 1.07. The first-order chi connectivity index (χ1) is 9.10. The number of nitrogens with two attached hydrogens (primary N) is 2. The molecule has 0 saturated heterocycles. The maximum absolute atomic E-state index is 11.6. The third-order valence-electron chi connectivity index (χ3n) is 2.36. The second-order valence-corrected chi connectivity index (χ2v) is 4.55. The number of carbonyl (C=O) groups is 1. The van der Waals surface area contributed by atoms with E-state index in [-0.39, 0.29) is 11.9 Å². The molecule has 2 rings (SSSR count). The number of aliphatic imine (C=N–C) groups is 1. The van der Waals surface area contributed by atoms with Gasteiger partial charge in [0, 0.05) is 23.6 Å². The van der Waals surface area contributed by atoms with Crippen LogP contribution in [0.3, 0.4) is 0 Å². The maximum Gasteiger partial charge on any atom is 0.251 e. The van der Waals surface area contributed by atoms with E-state index in [1.807, 2.05) is 11.4 Å². The summed E-state index contributed by atoms with van der Waals surface area (Å²) in [5.74, 6) is -0.165. The van der Waals surface area contributed by atoms with Crippen LogP contribution >= 0.6 is 11.3 Å². The molecule has 7 heteroatoms. The van der Waals surface area contributed by atoms with Crippen LogP contribution in [0, 0.1) is 0 Å². The van der Waals surface area contributed by atoms with Crippen LogP contribution in [-0.4, -0.2) is 23.9 Å². The van der Waals surface area contributed by atoms with Crippen LogP contribution in [0.2, 0.25) is 0 Å². The second kappa shape index (κ2) is 5.49. The lowest BCUT2D eigenvalue weighted by Crippen LogP contribution is -2.21. The number of guanidine groups is 1. The van der Waals surface area contributed by atoms with Crippen LogP contribution in [0.4, 0.5) is 5.13 Å². The molecule has 19 heavy (non-hydrogen) atoms. The van der Waals surface area contributed by atoms with E-state index in [9.17, 15) is 4.79 Å². The molecular formula is C12H13N5OS. The van der Waals surface area contributed by atoms with E-state index >= 15 is 0 Å². The minimum Gasteiger partial charge on any atom is -0.370 e. The zero-order chi connectivity index (χ0) is 13.8. The first-order valence-electron chi connectivity index (χ1n) is 5.48. The zero-order valence-corrected chi connectivity index (χ0v) is 11.1. The molecule has 2 aromatic rings. The van der Waals surface area contributed by atoms with E-state index in [4.69, 9.17) is 11.5 Å². The standard InChI is InChI=1S/C12H13N5OS/c1-15-10(18)8-4-2-3-7(5-8)9-6-19-12(16-9)17-11(13)14/h2-6H,1H3,(H,15,18)(H4,13,14,16,17). The smallest absolute Gasteiger partial charge is 0.251 e. The Hall–Kier alpha value is -2.41. The number of hydrogen-bond donors (Lipinski definition) is 3. The van der Waals surface area contributed by atoms with Gasteiger partial charge in [-0.2, -0.15) is 4.99 Å². The molecule has 1 amide bonds. The van der Waals surface area contributed by atoms with Crippen LogP contribution in [-0.2, 0) is 0 Å². The number of aromatic nitrogens is 1. The molecule has 0 aliphatic rings. The predicted molar refractivity (Wildman–Crippen MR) is 76.4 cm³/mol. The van der Waals surface area contributed by atoms with Crippen LogP contribution in [0.5, 0.6) is 0 Å². The summed E-state index contributed by atoms with van der Waals surface area (Å²) in [6.45, 7) is 0. The van der Waals surface area contributed by atoms with Gasteiger partial charge in [0.2, 0.25) is 5.13 Å². The first-order valence-corrected chi connectivity index (χ1v) is 6.36. The van der Waals surface area contributed by atoms with E-state index < -0.39 is 0 Å². The lowest BCUT2D eigenvalue weighted by atomic mass is 10.1. The minimum atomic E-state index is -0.137. The molecular weight excluding hydrogens is 262 g/mol. The van der Waals surface area contributed by atoms with E-state index in [2.05, 4.69) is 15.3 Å². The number of rotatable bonds is 3. The van der Waals surface area contributed by atoms with Gasteiger partial charge in [0.05, 0.1) is 5.69 Å². The van der Waals surface area contributed by atoms with Gasteiger partial charge >= 0.3 is 0 Å². The molecule has 1 aromatic heterocycles. The minimum absolute atomic E-state index is 0.0278. The molecule has 0 radical (unpaired) electrons. The average Bonchev–Trinajstić information content (AvgIpc) is 2.85. The number of nitrogens with zero attached hydrogens (tertiary/aromatic N) is 2. The van der Waals surface area contributed by atoms with Crippen molar-refractivity contribution in [2.45, 2.75) is 0 Å². The molecule has 6 nitrogen and oxygen atoms in total. The normalized spacial score (nSPS) is 9.95. The molecule has 0 bridgehead atoms. The van der Waals surface area contributed by atoms with Crippen molar-refractivity contribution in [1.29, 1.82) is 0 Å². The van der Waals surface area contributed by atoms with Gasteiger partial charge in [-0.25, -0.2) is 4.98 Å². The van der Waals surface area contributed by atoms with Crippen molar-refractivity contribution in [3.8, 4) is 11.3 Å². The molecule has 0 spiro atoms. The monoisotopic (exact) mass is 275 g/mol. The molecule has 0 fully saturated rings. The van der Waals surface area contributed by atoms with Gasteiger partial charge in [-0.1, -0.05) is 12.1 Å². The highest BCUT2D eigenvalue weighted by atomic mass is 32.1. The SMILES string of the molecule is CNC(=O)c1cccc(-c2csc(N=C(N)N)n2)c1. The molecule has 0 unspecified atom stereocenters. The van der Waals surface area contributed by atoms with Crippen LogP contribution in [0.25, 0.3) is 11.3 Å². The Morgan fingerprint density at radius 2 is 2.21 bits per heavy atom. The molecule has 0 saturated carbocycles.